The van der Waals surface area contributed by atoms with Gasteiger partial charge in [-0.15, -0.1) is 0 Å². The van der Waals surface area contributed by atoms with Crippen molar-refractivity contribution in [2.24, 2.45) is 5.92 Å². The van der Waals surface area contributed by atoms with E-state index in [0.29, 0.717) is 12.3 Å². The molecule has 0 saturated heterocycles. The molecule has 1 saturated carbocycles. The Morgan fingerprint density at radius 2 is 2.25 bits per heavy atom. The van der Waals surface area contributed by atoms with Crippen molar-refractivity contribution >= 4 is 5.97 Å². The Morgan fingerprint density at radius 1 is 1.58 bits per heavy atom. The van der Waals surface area contributed by atoms with Gasteiger partial charge in [0.1, 0.15) is 0 Å². The van der Waals surface area contributed by atoms with Crippen molar-refractivity contribution in [2.75, 3.05) is 0 Å². The van der Waals surface area contributed by atoms with Gasteiger partial charge in [0.25, 0.3) is 0 Å². The quantitative estimate of drug-likeness (QED) is 0.643. The summed E-state index contributed by atoms with van der Waals surface area (Å²) in [5, 5.41) is 8.58. The smallest absolute Gasteiger partial charge is 0.303 e. The first-order valence-corrected chi connectivity index (χ1v) is 4.46. The Labute approximate surface area is 73.3 Å². The van der Waals surface area contributed by atoms with Gasteiger partial charge in [0.05, 0.1) is 0 Å². The van der Waals surface area contributed by atoms with Crippen LogP contribution in [0.3, 0.4) is 0 Å². The van der Waals surface area contributed by atoms with Crippen LogP contribution >= 0.6 is 0 Å². The molecule has 68 valence electrons. The van der Waals surface area contributed by atoms with Gasteiger partial charge in [-0.3, -0.25) is 4.79 Å². The lowest BCUT2D eigenvalue weighted by Gasteiger charge is -2.03. The molecular formula is C10H16O2. The molecule has 0 aliphatic heterocycles. The van der Waals surface area contributed by atoms with Crippen LogP contribution in [-0.2, 0) is 4.79 Å². The molecular weight excluding hydrogens is 152 g/mol. The molecule has 0 aromatic heterocycles. The molecule has 12 heavy (non-hydrogen) atoms. The summed E-state index contributed by atoms with van der Waals surface area (Å²) in [4.78, 5) is 10.4. The summed E-state index contributed by atoms with van der Waals surface area (Å²) in [5.41, 5.74) is 2.85. The minimum absolute atomic E-state index is 0.344. The molecule has 0 heterocycles. The molecule has 0 aromatic carbocycles. The largest absolute Gasteiger partial charge is 0.481 e. The summed E-state index contributed by atoms with van der Waals surface area (Å²) in [6, 6.07) is 0. The van der Waals surface area contributed by atoms with Crippen LogP contribution in [0.15, 0.2) is 11.1 Å². The van der Waals surface area contributed by atoms with E-state index < -0.39 is 5.97 Å². The van der Waals surface area contributed by atoms with Crippen LogP contribution in [0.2, 0.25) is 0 Å². The van der Waals surface area contributed by atoms with E-state index in [1.165, 1.54) is 11.1 Å². The Bertz CT molecular complexity index is 212. The van der Waals surface area contributed by atoms with Gasteiger partial charge < -0.3 is 5.11 Å². The van der Waals surface area contributed by atoms with Crippen molar-refractivity contribution in [3.8, 4) is 0 Å². The summed E-state index contributed by atoms with van der Waals surface area (Å²) in [6.45, 7) is 4.22. The van der Waals surface area contributed by atoms with Crippen LogP contribution in [0.25, 0.3) is 0 Å². The standard InChI is InChI=1S/C10H16O2/c1-7(2)9-4-3-8(5-9)6-10(11)12/h8H,3-6H2,1-2H3,(H,11,12)/t8-/m1/s1. The maximum absolute atomic E-state index is 10.4. The summed E-state index contributed by atoms with van der Waals surface area (Å²) in [5.74, 6) is -0.262. The van der Waals surface area contributed by atoms with Gasteiger partial charge in [0.2, 0.25) is 0 Å². The van der Waals surface area contributed by atoms with E-state index in [-0.39, 0.29) is 0 Å². The molecule has 0 aromatic rings. The number of carboxylic acids is 1. The number of hydrogen-bond acceptors (Lipinski definition) is 1. The van der Waals surface area contributed by atoms with E-state index in [0.717, 1.165) is 19.3 Å². The number of carbonyl (C=O) groups is 1. The molecule has 0 spiro atoms. The Morgan fingerprint density at radius 3 is 2.67 bits per heavy atom. The third-order valence-corrected chi connectivity index (χ3v) is 2.56. The fourth-order valence-corrected chi connectivity index (χ4v) is 1.81. The zero-order chi connectivity index (χ0) is 9.14. The van der Waals surface area contributed by atoms with Crippen LogP contribution in [0.1, 0.15) is 39.5 Å². The van der Waals surface area contributed by atoms with Gasteiger partial charge in [-0.1, -0.05) is 11.1 Å². The van der Waals surface area contributed by atoms with Crippen molar-refractivity contribution in [1.82, 2.24) is 0 Å². The van der Waals surface area contributed by atoms with Crippen molar-refractivity contribution in [2.45, 2.75) is 39.5 Å². The number of allylic oxidation sites excluding steroid dienone is 2. The average Bonchev–Trinajstić information content (AvgIpc) is 2.34. The predicted octanol–water partition coefficient (Wildman–Crippen LogP) is 2.60. The van der Waals surface area contributed by atoms with E-state index in [1.54, 1.807) is 0 Å². The Kier molecular flexibility index (Phi) is 2.90. The summed E-state index contributed by atoms with van der Waals surface area (Å²) < 4.78 is 0. The molecule has 2 heteroatoms. The predicted molar refractivity (Wildman–Crippen MR) is 48.0 cm³/mol. The van der Waals surface area contributed by atoms with E-state index >= 15 is 0 Å². The molecule has 0 bridgehead atoms. The van der Waals surface area contributed by atoms with Crippen molar-refractivity contribution in [3.63, 3.8) is 0 Å². The summed E-state index contributed by atoms with van der Waals surface area (Å²) in [7, 11) is 0. The molecule has 0 unspecified atom stereocenters. The SMILES string of the molecule is CC(C)=C1CC[C@@H](CC(=O)O)C1. The maximum Gasteiger partial charge on any atom is 0.303 e. The van der Waals surface area contributed by atoms with Gasteiger partial charge in [-0.25, -0.2) is 0 Å². The van der Waals surface area contributed by atoms with Crippen LogP contribution in [-0.4, -0.2) is 11.1 Å². The third kappa shape index (κ3) is 2.36. The molecule has 0 radical (unpaired) electrons. The minimum Gasteiger partial charge on any atom is -0.481 e. The average molecular weight is 168 g/mol. The van der Waals surface area contributed by atoms with Crippen molar-refractivity contribution in [3.05, 3.63) is 11.1 Å². The van der Waals surface area contributed by atoms with Crippen LogP contribution < -0.4 is 0 Å². The molecule has 1 N–H and O–H groups in total. The zero-order valence-corrected chi connectivity index (χ0v) is 7.76. The molecule has 1 atom stereocenters. The third-order valence-electron chi connectivity index (χ3n) is 2.56. The van der Waals surface area contributed by atoms with E-state index in [4.69, 9.17) is 5.11 Å². The van der Waals surface area contributed by atoms with Crippen molar-refractivity contribution < 1.29 is 9.90 Å². The molecule has 1 aliphatic rings. The number of carboxylic acid groups (broad SMARTS) is 1. The van der Waals surface area contributed by atoms with Gasteiger partial charge >= 0.3 is 5.97 Å². The highest BCUT2D eigenvalue weighted by molar-refractivity contribution is 5.67. The van der Waals surface area contributed by atoms with Gasteiger partial charge in [-0.2, -0.15) is 0 Å². The topological polar surface area (TPSA) is 37.3 Å². The first kappa shape index (κ1) is 9.30. The molecule has 1 rings (SSSR count). The van der Waals surface area contributed by atoms with Gasteiger partial charge in [-0.05, 0) is 39.0 Å². The Balaban J connectivity index is 2.46. The minimum atomic E-state index is -0.657. The van der Waals surface area contributed by atoms with Crippen molar-refractivity contribution in [1.29, 1.82) is 0 Å². The summed E-state index contributed by atoms with van der Waals surface area (Å²) in [6.07, 6.45) is 3.53. The van der Waals surface area contributed by atoms with Gasteiger partial charge in [0, 0.05) is 6.42 Å². The zero-order valence-electron chi connectivity index (χ0n) is 7.76. The first-order valence-electron chi connectivity index (χ1n) is 4.46. The second kappa shape index (κ2) is 3.74. The normalized spacial score (nSPS) is 22.8. The second-order valence-corrected chi connectivity index (χ2v) is 3.81. The van der Waals surface area contributed by atoms with E-state index in [9.17, 15) is 4.79 Å². The van der Waals surface area contributed by atoms with Crippen LogP contribution in [0, 0.1) is 5.92 Å². The van der Waals surface area contributed by atoms with Crippen LogP contribution in [0.5, 0.6) is 0 Å². The molecule has 1 fully saturated rings. The fourth-order valence-electron chi connectivity index (χ4n) is 1.81. The van der Waals surface area contributed by atoms with E-state index in [2.05, 4.69) is 13.8 Å². The highest BCUT2D eigenvalue weighted by Gasteiger charge is 2.21. The number of rotatable bonds is 2. The first-order chi connectivity index (χ1) is 5.59. The van der Waals surface area contributed by atoms with E-state index in [1.807, 2.05) is 0 Å². The monoisotopic (exact) mass is 168 g/mol. The fraction of sp³-hybridized carbons (Fsp3) is 0.700. The number of aliphatic carboxylic acids is 1. The lowest BCUT2D eigenvalue weighted by molar-refractivity contribution is -0.138. The highest BCUT2D eigenvalue weighted by atomic mass is 16.4. The lowest BCUT2D eigenvalue weighted by atomic mass is 10.0. The number of hydrogen-bond donors (Lipinski definition) is 1. The summed E-state index contributed by atoms with van der Waals surface area (Å²) >= 11 is 0. The molecule has 0 amide bonds. The molecule has 2 nitrogen and oxygen atoms in total. The van der Waals surface area contributed by atoms with Gasteiger partial charge in [0.15, 0.2) is 0 Å². The lowest BCUT2D eigenvalue weighted by Crippen LogP contribution is -2.03. The van der Waals surface area contributed by atoms with Crippen LogP contribution in [0.4, 0.5) is 0 Å². The molecule has 1 aliphatic carbocycles. The Hall–Kier alpha value is -0.790. The maximum atomic E-state index is 10.4. The second-order valence-electron chi connectivity index (χ2n) is 3.81. The highest BCUT2D eigenvalue weighted by Crippen LogP contribution is 2.34.